The van der Waals surface area contributed by atoms with Crippen LogP contribution in [-0.4, -0.2) is 52.5 Å². The van der Waals surface area contributed by atoms with Crippen molar-refractivity contribution in [3.8, 4) is 0 Å². The number of morpholine rings is 1. The molecule has 9 nitrogen and oxygen atoms in total. The van der Waals surface area contributed by atoms with E-state index >= 15 is 0 Å². The van der Waals surface area contributed by atoms with Crippen LogP contribution in [0.5, 0.6) is 0 Å². The summed E-state index contributed by atoms with van der Waals surface area (Å²) in [5.74, 6) is 1.37. The van der Waals surface area contributed by atoms with Crippen LogP contribution in [0.15, 0.2) is 30.3 Å². The number of amides is 1. The fraction of sp³-hybridized carbons (Fsp3) is 0.440. The third kappa shape index (κ3) is 6.49. The third-order valence-corrected chi connectivity index (χ3v) is 6.01. The zero-order chi connectivity index (χ0) is 25.7. The number of fused-ring (bicyclic) bond motifs is 1. The molecule has 3 heterocycles. The second-order valence-corrected chi connectivity index (χ2v) is 9.36. The van der Waals surface area contributed by atoms with E-state index in [0.717, 1.165) is 41.3 Å². The molecule has 188 valence electrons. The Hall–Kier alpha value is -3.17. The minimum atomic E-state index is -0.185. The summed E-state index contributed by atoms with van der Waals surface area (Å²) < 4.78 is 7.37. The molecule has 1 amide bonds. The molecular formula is C25H34ClN7O2. The van der Waals surface area contributed by atoms with Crippen molar-refractivity contribution in [1.82, 2.24) is 19.9 Å². The molecule has 1 aliphatic heterocycles. The zero-order valence-electron chi connectivity index (χ0n) is 20.9. The van der Waals surface area contributed by atoms with E-state index in [2.05, 4.69) is 29.0 Å². The van der Waals surface area contributed by atoms with Gasteiger partial charge in [0.2, 0.25) is 5.91 Å². The van der Waals surface area contributed by atoms with E-state index < -0.39 is 0 Å². The summed E-state index contributed by atoms with van der Waals surface area (Å²) in [6, 6.07) is 8.98. The predicted octanol–water partition coefficient (Wildman–Crippen LogP) is 3.95. The molecule has 3 aromatic rings. The lowest BCUT2D eigenvalue weighted by Gasteiger charge is -2.29. The van der Waals surface area contributed by atoms with Gasteiger partial charge in [-0.2, -0.15) is 0 Å². The highest BCUT2D eigenvalue weighted by atomic mass is 35.5. The molecule has 2 aromatic heterocycles. The number of hydrogen-bond acceptors (Lipinski definition) is 7. The second-order valence-electron chi connectivity index (χ2n) is 8.92. The summed E-state index contributed by atoms with van der Waals surface area (Å²) in [6.45, 7) is 10.3. The number of aromatic nitrogens is 3. The number of anilines is 2. The summed E-state index contributed by atoms with van der Waals surface area (Å²) in [4.78, 5) is 23.2. The minimum Gasteiger partial charge on any atom is -0.384 e. The molecule has 0 spiro atoms. The number of aryl methyl sites for hydroxylation is 1. The average molecular weight is 500 g/mol. The molecule has 1 saturated heterocycles. The SMILES string of the molecule is CC(=N)c1cccc(Cl)c1.CC(=O)NC(c1nc2c(N3CCOCC3)cc(N)nc2n1C)C(C)C. The molecule has 1 aliphatic rings. The second kappa shape index (κ2) is 11.5. The van der Waals surface area contributed by atoms with Gasteiger partial charge in [0.1, 0.15) is 17.2 Å². The predicted molar refractivity (Wildman–Crippen MR) is 141 cm³/mol. The van der Waals surface area contributed by atoms with Crippen LogP contribution in [0.25, 0.3) is 11.2 Å². The van der Waals surface area contributed by atoms with Crippen molar-refractivity contribution in [1.29, 1.82) is 5.41 Å². The molecule has 10 heteroatoms. The molecule has 0 bridgehead atoms. The molecule has 1 atom stereocenters. The van der Waals surface area contributed by atoms with Crippen LogP contribution in [0.3, 0.4) is 0 Å². The van der Waals surface area contributed by atoms with Crippen molar-refractivity contribution < 1.29 is 9.53 Å². The Balaban J connectivity index is 0.000000287. The first kappa shape index (κ1) is 26.4. The Kier molecular flexibility index (Phi) is 8.69. The molecule has 1 unspecified atom stereocenters. The fourth-order valence-corrected chi connectivity index (χ4v) is 4.15. The molecule has 4 N–H and O–H groups in total. The summed E-state index contributed by atoms with van der Waals surface area (Å²) in [7, 11) is 1.91. The Labute approximate surface area is 211 Å². The smallest absolute Gasteiger partial charge is 0.217 e. The number of imidazole rings is 1. The Morgan fingerprint density at radius 2 is 1.89 bits per heavy atom. The number of pyridine rings is 1. The Morgan fingerprint density at radius 3 is 2.43 bits per heavy atom. The number of benzene rings is 1. The number of rotatable bonds is 5. The maximum atomic E-state index is 11.6. The van der Waals surface area contributed by atoms with Gasteiger partial charge >= 0.3 is 0 Å². The van der Waals surface area contributed by atoms with E-state index in [1.165, 1.54) is 6.92 Å². The number of nitrogens with two attached hydrogens (primary N) is 1. The number of nitrogens with one attached hydrogen (secondary N) is 2. The highest BCUT2D eigenvalue weighted by molar-refractivity contribution is 6.31. The number of nitrogen functional groups attached to an aromatic ring is 1. The van der Waals surface area contributed by atoms with Crippen molar-refractivity contribution in [3.05, 3.63) is 46.7 Å². The van der Waals surface area contributed by atoms with Crippen LogP contribution in [0.2, 0.25) is 5.02 Å². The van der Waals surface area contributed by atoms with Gasteiger partial charge in [0.15, 0.2) is 5.65 Å². The highest BCUT2D eigenvalue weighted by Crippen LogP contribution is 2.31. The van der Waals surface area contributed by atoms with Gasteiger partial charge in [-0.3, -0.25) is 4.79 Å². The number of carbonyl (C=O) groups is 1. The zero-order valence-corrected chi connectivity index (χ0v) is 21.7. The topological polar surface area (TPSA) is 122 Å². The van der Waals surface area contributed by atoms with E-state index in [-0.39, 0.29) is 17.9 Å². The van der Waals surface area contributed by atoms with Crippen molar-refractivity contribution in [2.75, 3.05) is 36.9 Å². The molecule has 1 aromatic carbocycles. The Bertz CT molecular complexity index is 1200. The standard InChI is InChI=1S/C17H26N6O2.C8H8ClN/c1-10(2)14(19-11(3)24)16-21-15-12(23-5-7-25-8-6-23)9-13(18)20-17(15)22(16)4;1-6(10)7-3-2-4-8(9)5-7/h9-10,14H,5-8H2,1-4H3,(H2,18,20)(H,19,24);2-5,10H,1H3. The quantitative estimate of drug-likeness (QED) is 0.457. The lowest BCUT2D eigenvalue weighted by Crippen LogP contribution is -2.36. The van der Waals surface area contributed by atoms with E-state index in [1.54, 1.807) is 19.1 Å². The number of ether oxygens (including phenoxy) is 1. The first-order valence-corrected chi connectivity index (χ1v) is 12.0. The minimum absolute atomic E-state index is 0.0772. The largest absolute Gasteiger partial charge is 0.384 e. The Morgan fingerprint density at radius 1 is 1.20 bits per heavy atom. The van der Waals surface area contributed by atoms with Crippen LogP contribution in [0, 0.1) is 11.3 Å². The van der Waals surface area contributed by atoms with Crippen LogP contribution in [-0.2, 0) is 16.6 Å². The van der Waals surface area contributed by atoms with Gasteiger partial charge in [-0.1, -0.05) is 37.6 Å². The number of hydrogen-bond donors (Lipinski definition) is 3. The third-order valence-electron chi connectivity index (χ3n) is 5.77. The molecule has 0 aliphatic carbocycles. The first-order chi connectivity index (χ1) is 16.6. The van der Waals surface area contributed by atoms with Crippen LogP contribution < -0.4 is 16.0 Å². The van der Waals surface area contributed by atoms with E-state index in [9.17, 15) is 4.79 Å². The van der Waals surface area contributed by atoms with Crippen LogP contribution in [0.1, 0.15) is 45.1 Å². The van der Waals surface area contributed by atoms with Gasteiger partial charge in [0.25, 0.3) is 0 Å². The van der Waals surface area contributed by atoms with Crippen molar-refractivity contribution in [2.45, 2.75) is 33.7 Å². The summed E-state index contributed by atoms with van der Waals surface area (Å²) >= 11 is 5.69. The summed E-state index contributed by atoms with van der Waals surface area (Å²) in [6.07, 6.45) is 0. The van der Waals surface area contributed by atoms with E-state index in [0.29, 0.717) is 29.8 Å². The molecule has 0 saturated carbocycles. The molecular weight excluding hydrogens is 466 g/mol. The normalized spacial score (nSPS) is 14.4. The first-order valence-electron chi connectivity index (χ1n) is 11.6. The fourth-order valence-electron chi connectivity index (χ4n) is 3.96. The monoisotopic (exact) mass is 499 g/mol. The number of nitrogens with zero attached hydrogens (tertiary/aromatic N) is 4. The van der Waals surface area contributed by atoms with E-state index in [4.69, 9.17) is 32.5 Å². The van der Waals surface area contributed by atoms with Gasteiger partial charge in [-0.25, -0.2) is 9.97 Å². The van der Waals surface area contributed by atoms with Gasteiger partial charge in [-0.05, 0) is 30.5 Å². The maximum Gasteiger partial charge on any atom is 0.217 e. The van der Waals surface area contributed by atoms with Gasteiger partial charge in [0, 0.05) is 43.9 Å². The van der Waals surface area contributed by atoms with E-state index in [1.807, 2.05) is 29.8 Å². The van der Waals surface area contributed by atoms with Crippen LogP contribution in [0.4, 0.5) is 11.5 Å². The summed E-state index contributed by atoms with van der Waals surface area (Å²) in [5, 5.41) is 11.0. The molecule has 0 radical (unpaired) electrons. The molecule has 4 rings (SSSR count). The average Bonchev–Trinajstić information content (AvgIpc) is 3.13. The number of halogens is 1. The summed E-state index contributed by atoms with van der Waals surface area (Å²) in [5.41, 5.74) is 9.98. The lowest BCUT2D eigenvalue weighted by molar-refractivity contribution is -0.120. The van der Waals surface area contributed by atoms with Crippen molar-refractivity contribution in [2.24, 2.45) is 13.0 Å². The van der Waals surface area contributed by atoms with Crippen molar-refractivity contribution in [3.63, 3.8) is 0 Å². The van der Waals surface area contributed by atoms with Crippen molar-refractivity contribution >= 4 is 45.9 Å². The van der Waals surface area contributed by atoms with Gasteiger partial charge in [-0.15, -0.1) is 0 Å². The highest BCUT2D eigenvalue weighted by Gasteiger charge is 2.26. The van der Waals surface area contributed by atoms with Gasteiger partial charge < -0.3 is 30.7 Å². The molecule has 35 heavy (non-hydrogen) atoms. The van der Waals surface area contributed by atoms with Gasteiger partial charge in [0.05, 0.1) is 24.9 Å². The lowest BCUT2D eigenvalue weighted by atomic mass is 10.0. The van der Waals surface area contributed by atoms with Crippen LogP contribution >= 0.6 is 11.6 Å². The maximum absolute atomic E-state index is 11.6. The molecule has 1 fully saturated rings. The number of carbonyl (C=O) groups excluding carboxylic acids is 1.